The molecule has 2 aromatic carbocycles. The Labute approximate surface area is 211 Å². The van der Waals surface area contributed by atoms with Crippen molar-refractivity contribution in [3.05, 3.63) is 98.6 Å². The molecule has 0 spiro atoms. The fourth-order valence-electron chi connectivity index (χ4n) is 4.00. The Balaban J connectivity index is 1.47. The van der Waals surface area contributed by atoms with Gasteiger partial charge in [-0.25, -0.2) is 0 Å². The van der Waals surface area contributed by atoms with Gasteiger partial charge in [0.2, 0.25) is 0 Å². The number of carbonyl (C=O) groups excluding carboxylic acids is 1. The third kappa shape index (κ3) is 5.31. The summed E-state index contributed by atoms with van der Waals surface area (Å²) in [5, 5.41) is 12.4. The van der Waals surface area contributed by atoms with E-state index >= 15 is 0 Å². The Morgan fingerprint density at radius 2 is 1.50 bits per heavy atom. The minimum atomic E-state index is -4.41. The van der Waals surface area contributed by atoms with Crippen molar-refractivity contribution in [2.75, 3.05) is 5.32 Å². The molecule has 0 saturated heterocycles. The molecule has 2 aromatic heterocycles. The number of hydrogen-bond donors (Lipinski definition) is 1. The van der Waals surface area contributed by atoms with Crippen molar-refractivity contribution in [3.63, 3.8) is 0 Å². The zero-order chi connectivity index (χ0) is 26.2. The summed E-state index contributed by atoms with van der Waals surface area (Å²) in [6.07, 6.45) is -4.41. The van der Waals surface area contributed by atoms with E-state index in [2.05, 4.69) is 15.5 Å². The maximum atomic E-state index is 13.0. The minimum absolute atomic E-state index is 0.150. The molecule has 0 radical (unpaired) electrons. The predicted molar refractivity (Wildman–Crippen MR) is 132 cm³/mol. The minimum Gasteiger partial charge on any atom is -0.319 e. The lowest BCUT2D eigenvalue weighted by atomic mass is 10.1. The molecule has 0 aliphatic heterocycles. The third-order valence-electron chi connectivity index (χ3n) is 6.05. The molecule has 10 heteroatoms. The number of halogens is 4. The van der Waals surface area contributed by atoms with Gasteiger partial charge >= 0.3 is 6.18 Å². The molecule has 0 aliphatic rings. The van der Waals surface area contributed by atoms with Crippen LogP contribution in [0.2, 0.25) is 5.02 Å². The normalized spacial score (nSPS) is 11.7. The Hall–Kier alpha value is -3.59. The molecule has 0 saturated carbocycles. The zero-order valence-electron chi connectivity index (χ0n) is 20.2. The summed E-state index contributed by atoms with van der Waals surface area (Å²) >= 11 is 6.22. The number of carbonyl (C=O) groups is 1. The molecule has 0 bridgehead atoms. The van der Waals surface area contributed by atoms with E-state index in [0.29, 0.717) is 39.8 Å². The second-order valence-corrected chi connectivity index (χ2v) is 9.07. The lowest BCUT2D eigenvalue weighted by Gasteiger charge is -2.10. The fourth-order valence-corrected chi connectivity index (χ4v) is 4.14. The van der Waals surface area contributed by atoms with Crippen molar-refractivity contribution in [2.45, 2.75) is 47.0 Å². The molecule has 4 aromatic rings. The second kappa shape index (κ2) is 9.81. The number of hydrogen-bond acceptors (Lipinski definition) is 3. The van der Waals surface area contributed by atoms with Crippen molar-refractivity contribution < 1.29 is 18.0 Å². The van der Waals surface area contributed by atoms with Crippen LogP contribution in [0.25, 0.3) is 0 Å². The van der Waals surface area contributed by atoms with Crippen LogP contribution in [0.5, 0.6) is 0 Å². The highest BCUT2D eigenvalue weighted by atomic mass is 35.5. The molecule has 6 nitrogen and oxygen atoms in total. The highest BCUT2D eigenvalue weighted by Gasteiger charge is 2.30. The van der Waals surface area contributed by atoms with Crippen LogP contribution in [0.1, 0.15) is 49.8 Å². The Morgan fingerprint density at radius 1 is 0.889 bits per heavy atom. The topological polar surface area (TPSA) is 64.7 Å². The largest absolute Gasteiger partial charge is 0.416 e. The molecular formula is C26H25ClF3N5O. The summed E-state index contributed by atoms with van der Waals surface area (Å²) < 4.78 is 42.5. The summed E-state index contributed by atoms with van der Waals surface area (Å²) in [6.45, 7) is 7.95. The van der Waals surface area contributed by atoms with E-state index in [-0.39, 0.29) is 12.5 Å². The van der Waals surface area contributed by atoms with E-state index in [1.165, 1.54) is 6.07 Å². The molecule has 1 amide bonds. The van der Waals surface area contributed by atoms with Crippen LogP contribution >= 0.6 is 11.6 Å². The number of aromatic nitrogens is 4. The zero-order valence-corrected chi connectivity index (χ0v) is 21.0. The molecule has 36 heavy (non-hydrogen) atoms. The highest BCUT2D eigenvalue weighted by Crippen LogP contribution is 2.30. The Bertz CT molecular complexity index is 1420. The van der Waals surface area contributed by atoms with Crippen LogP contribution in [-0.4, -0.2) is 25.5 Å². The van der Waals surface area contributed by atoms with E-state index in [4.69, 9.17) is 11.6 Å². The Morgan fingerprint density at radius 3 is 2.11 bits per heavy atom. The van der Waals surface area contributed by atoms with Crippen molar-refractivity contribution in [1.82, 2.24) is 19.6 Å². The van der Waals surface area contributed by atoms with Crippen molar-refractivity contribution in [3.8, 4) is 0 Å². The molecular weight excluding hydrogens is 491 g/mol. The first-order valence-electron chi connectivity index (χ1n) is 11.2. The number of amides is 1. The Kier molecular flexibility index (Phi) is 6.95. The van der Waals surface area contributed by atoms with Gasteiger partial charge < -0.3 is 5.32 Å². The number of alkyl halides is 3. The standard InChI is InChI=1S/C26H25ClF3N5O/c1-15-23(27)17(3)34(32-15)13-19-8-10-21(11-9-19)25(36)31-24-16(2)33-35(18(24)4)14-20-6-5-7-22(12-20)26(28,29)30/h5-12H,13-14H2,1-4H3,(H,31,36). The molecule has 2 heterocycles. The fraction of sp³-hybridized carbons (Fsp3) is 0.269. The van der Waals surface area contributed by atoms with E-state index < -0.39 is 11.7 Å². The van der Waals surface area contributed by atoms with Crippen LogP contribution in [0.3, 0.4) is 0 Å². The summed E-state index contributed by atoms with van der Waals surface area (Å²) in [7, 11) is 0. The van der Waals surface area contributed by atoms with Gasteiger partial charge in [-0.3, -0.25) is 14.2 Å². The van der Waals surface area contributed by atoms with Gasteiger partial charge in [0, 0.05) is 5.56 Å². The summed E-state index contributed by atoms with van der Waals surface area (Å²) in [5.74, 6) is -0.305. The molecule has 0 unspecified atom stereocenters. The van der Waals surface area contributed by atoms with Gasteiger partial charge in [-0.2, -0.15) is 23.4 Å². The van der Waals surface area contributed by atoms with Gasteiger partial charge in [-0.1, -0.05) is 35.9 Å². The van der Waals surface area contributed by atoms with Crippen LogP contribution in [-0.2, 0) is 19.3 Å². The first kappa shape index (κ1) is 25.5. The van der Waals surface area contributed by atoms with E-state index in [0.717, 1.165) is 29.1 Å². The van der Waals surface area contributed by atoms with Crippen LogP contribution in [0.15, 0.2) is 48.5 Å². The number of benzene rings is 2. The monoisotopic (exact) mass is 515 g/mol. The first-order valence-corrected chi connectivity index (χ1v) is 11.6. The van der Waals surface area contributed by atoms with E-state index in [1.807, 2.05) is 30.7 Å². The van der Waals surface area contributed by atoms with Crippen LogP contribution < -0.4 is 5.32 Å². The molecule has 4 rings (SSSR count). The number of nitrogens with one attached hydrogen (secondary N) is 1. The van der Waals surface area contributed by atoms with Crippen molar-refractivity contribution in [1.29, 1.82) is 0 Å². The van der Waals surface area contributed by atoms with Gasteiger partial charge in [0.15, 0.2) is 0 Å². The second-order valence-electron chi connectivity index (χ2n) is 8.70. The van der Waals surface area contributed by atoms with Gasteiger partial charge in [-0.15, -0.1) is 0 Å². The molecule has 0 aliphatic carbocycles. The van der Waals surface area contributed by atoms with Crippen LogP contribution in [0, 0.1) is 27.7 Å². The quantitative estimate of drug-likeness (QED) is 0.326. The van der Waals surface area contributed by atoms with E-state index in [1.54, 1.807) is 36.7 Å². The number of nitrogens with zero attached hydrogens (tertiary/aromatic N) is 4. The summed E-state index contributed by atoms with van der Waals surface area (Å²) in [6, 6.07) is 12.3. The molecule has 188 valence electrons. The predicted octanol–water partition coefficient (Wildman–Crippen LogP) is 6.33. The van der Waals surface area contributed by atoms with Gasteiger partial charge in [0.05, 0.1) is 52.1 Å². The van der Waals surface area contributed by atoms with Crippen LogP contribution in [0.4, 0.5) is 18.9 Å². The average Bonchev–Trinajstić information content (AvgIpc) is 3.23. The molecule has 1 N–H and O–H groups in total. The highest BCUT2D eigenvalue weighted by molar-refractivity contribution is 6.31. The van der Waals surface area contributed by atoms with Gasteiger partial charge in [0.25, 0.3) is 5.91 Å². The molecule has 0 atom stereocenters. The maximum Gasteiger partial charge on any atom is 0.416 e. The lowest BCUT2D eigenvalue weighted by molar-refractivity contribution is -0.137. The molecule has 0 fully saturated rings. The van der Waals surface area contributed by atoms with Gasteiger partial charge in [0.1, 0.15) is 0 Å². The smallest absolute Gasteiger partial charge is 0.319 e. The average molecular weight is 516 g/mol. The number of rotatable bonds is 6. The maximum absolute atomic E-state index is 13.0. The van der Waals surface area contributed by atoms with Crippen molar-refractivity contribution in [2.24, 2.45) is 0 Å². The first-order chi connectivity index (χ1) is 16.9. The lowest BCUT2D eigenvalue weighted by Crippen LogP contribution is -2.14. The number of anilines is 1. The summed E-state index contributed by atoms with van der Waals surface area (Å²) in [5.41, 5.74) is 4.60. The SMILES string of the molecule is Cc1nn(Cc2ccc(C(=O)Nc3c(C)nn(Cc4cccc(C(F)(F)F)c4)c3C)cc2)c(C)c1Cl. The van der Waals surface area contributed by atoms with Gasteiger partial charge in [-0.05, 0) is 63.1 Å². The van der Waals surface area contributed by atoms with E-state index in [9.17, 15) is 18.0 Å². The number of aryl methyl sites for hydroxylation is 2. The van der Waals surface area contributed by atoms with Crippen molar-refractivity contribution >= 4 is 23.2 Å². The summed E-state index contributed by atoms with van der Waals surface area (Å²) in [4.78, 5) is 12.9. The third-order valence-corrected chi connectivity index (χ3v) is 6.60.